The molecule has 3 aliphatic rings. The number of piperazine rings is 1. The summed E-state index contributed by atoms with van der Waals surface area (Å²) in [7, 11) is -3.39. The van der Waals surface area contributed by atoms with Gasteiger partial charge in [0.25, 0.3) is 0 Å². The Bertz CT molecular complexity index is 1820. The first-order valence-corrected chi connectivity index (χ1v) is 24.0. The van der Waals surface area contributed by atoms with Crippen LogP contribution in [0.1, 0.15) is 96.8 Å². The van der Waals surface area contributed by atoms with E-state index in [1.54, 1.807) is 30.5 Å². The van der Waals surface area contributed by atoms with Gasteiger partial charge in [0.05, 0.1) is 17.8 Å². The van der Waals surface area contributed by atoms with Crippen molar-refractivity contribution < 1.29 is 21.8 Å². The lowest BCUT2D eigenvalue weighted by Crippen LogP contribution is -2.54. The summed E-state index contributed by atoms with van der Waals surface area (Å²) in [6.45, 7) is 10.8. The Morgan fingerprint density at radius 1 is 0.764 bits per heavy atom. The number of hydrogen-bond donors (Lipinski definition) is 0. The number of sulfone groups is 1. The van der Waals surface area contributed by atoms with Crippen molar-refractivity contribution in [3.63, 3.8) is 0 Å². The smallest absolute Gasteiger partial charge is 0.213 e. The Kier molecular flexibility index (Phi) is 15.4. The van der Waals surface area contributed by atoms with Gasteiger partial charge in [0, 0.05) is 91.0 Å². The lowest BCUT2D eigenvalue weighted by atomic mass is 9.96. The number of hydrogen-bond acceptors (Lipinski definition) is 9. The molecule has 12 heteroatoms. The summed E-state index contributed by atoms with van der Waals surface area (Å²) in [5, 5.41) is 0.622. The van der Waals surface area contributed by atoms with Gasteiger partial charge in [-0.2, -0.15) is 0 Å². The molecule has 3 aromatic rings. The number of anilines is 1. The Balaban J connectivity index is 1.11. The molecule has 0 bridgehead atoms. The molecule has 0 radical (unpaired) electrons. The molecule has 0 spiro atoms. The molecule has 3 fully saturated rings. The maximum Gasteiger partial charge on any atom is 0.213 e. The van der Waals surface area contributed by atoms with E-state index in [-0.39, 0.29) is 4.90 Å². The van der Waals surface area contributed by atoms with E-state index in [0.29, 0.717) is 59.0 Å². The topological polar surface area (TPSA) is 86.3 Å². The van der Waals surface area contributed by atoms with Crippen molar-refractivity contribution in [2.45, 2.75) is 124 Å². The first-order chi connectivity index (χ1) is 26.7. The molecule has 6 rings (SSSR count). The molecule has 0 N–H and O–H groups in total. The predicted molar refractivity (Wildman–Crippen MR) is 222 cm³/mol. The number of halogens is 1. The number of piperidine rings is 2. The highest BCUT2D eigenvalue weighted by molar-refractivity contribution is 7.91. The van der Waals surface area contributed by atoms with Crippen LogP contribution in [0.25, 0.3) is 10.9 Å². The number of nitrogens with zero attached hydrogens (tertiary/aromatic N) is 5. The van der Waals surface area contributed by atoms with Crippen LogP contribution < -0.4 is 9.64 Å². The van der Waals surface area contributed by atoms with E-state index in [1.165, 1.54) is 76.1 Å². The minimum Gasteiger partial charge on any atom is -0.493 e. The minimum absolute atomic E-state index is 0.0246. The highest BCUT2D eigenvalue weighted by Crippen LogP contribution is 2.39. The number of pyridine rings is 1. The Hall–Kier alpha value is -2.64. The first kappa shape index (κ1) is 42.0. The van der Waals surface area contributed by atoms with E-state index in [1.807, 2.05) is 0 Å². The molecular weight excluding hydrogens is 734 g/mol. The van der Waals surface area contributed by atoms with Gasteiger partial charge >= 0.3 is 0 Å². The molecule has 9 nitrogen and oxygen atoms in total. The molecule has 0 amide bonds. The highest BCUT2D eigenvalue weighted by Gasteiger charge is 2.34. The SMILES string of the molecule is CCCCCCCCCCCCOc1ccc(S(=O)(=O)c2cnc3ccc(S(C)=O)cc3c2N2CCC(N3CCC(N4CCN(C)CC4)CC3)CC2)c(F)c1. The largest absolute Gasteiger partial charge is 0.493 e. The molecule has 3 saturated heterocycles. The number of ether oxygens (including phenoxy) is 1. The zero-order chi connectivity index (χ0) is 38.8. The van der Waals surface area contributed by atoms with E-state index in [9.17, 15) is 12.6 Å². The number of aromatic nitrogens is 1. The molecule has 4 heterocycles. The van der Waals surface area contributed by atoms with Crippen LogP contribution in [-0.4, -0.2) is 117 Å². The van der Waals surface area contributed by atoms with Gasteiger partial charge < -0.3 is 19.4 Å². The molecule has 55 heavy (non-hydrogen) atoms. The van der Waals surface area contributed by atoms with E-state index < -0.39 is 31.3 Å². The normalized spacial score (nSPS) is 19.3. The molecule has 2 aromatic carbocycles. The van der Waals surface area contributed by atoms with Crippen LogP contribution in [0.15, 0.2) is 57.3 Å². The summed E-state index contributed by atoms with van der Waals surface area (Å²) in [5.41, 5.74) is 1.14. The molecule has 304 valence electrons. The van der Waals surface area contributed by atoms with Gasteiger partial charge in [-0.3, -0.25) is 14.1 Å². The van der Waals surface area contributed by atoms with Crippen LogP contribution >= 0.6 is 0 Å². The summed E-state index contributed by atoms with van der Waals surface area (Å²) in [5.74, 6) is -0.511. The molecule has 1 atom stereocenters. The van der Waals surface area contributed by atoms with Gasteiger partial charge in [-0.25, -0.2) is 12.8 Å². The predicted octanol–water partition coefficient (Wildman–Crippen LogP) is 7.92. The molecular formula is C43H64FN5O4S2. The summed E-state index contributed by atoms with van der Waals surface area (Å²) < 4.78 is 63.1. The summed E-state index contributed by atoms with van der Waals surface area (Å²) in [4.78, 5) is 14.6. The minimum atomic E-state index is -4.32. The maximum atomic E-state index is 15.8. The highest BCUT2D eigenvalue weighted by atomic mass is 32.2. The van der Waals surface area contributed by atoms with Gasteiger partial charge in [0.1, 0.15) is 21.4 Å². The number of likely N-dealkylation sites (N-methyl/N-ethyl adjacent to an activating group) is 1. The standard InChI is InChI=1S/C43H64FN5O4S2/c1-4-5-6-7-8-9-10-11-12-13-30-53-36-14-17-41(39(44)31-36)55(51,52)42-33-45-40-16-15-37(54(3)50)32-38(40)43(42)49-24-20-34(21-25-49)47-22-18-35(19-23-47)48-28-26-46(2)27-29-48/h14-17,31-35H,4-13,18-30H2,1-3H3. The van der Waals surface area contributed by atoms with Crippen molar-refractivity contribution >= 4 is 37.2 Å². The fourth-order valence-corrected chi connectivity index (χ4v) is 10.8. The second-order valence-electron chi connectivity index (χ2n) is 16.1. The second kappa shape index (κ2) is 20.2. The van der Waals surface area contributed by atoms with Crippen LogP contribution in [0.3, 0.4) is 0 Å². The quantitative estimate of drug-likeness (QED) is 0.119. The van der Waals surface area contributed by atoms with E-state index in [4.69, 9.17) is 4.74 Å². The number of benzene rings is 2. The number of likely N-dealkylation sites (tertiary alicyclic amines) is 1. The van der Waals surface area contributed by atoms with Crippen molar-refractivity contribution in [1.82, 2.24) is 19.7 Å². The number of rotatable bonds is 18. The monoisotopic (exact) mass is 797 g/mol. The average molecular weight is 798 g/mol. The van der Waals surface area contributed by atoms with Crippen LogP contribution in [-0.2, 0) is 20.6 Å². The molecule has 3 aliphatic heterocycles. The Morgan fingerprint density at radius 3 is 1.98 bits per heavy atom. The van der Waals surface area contributed by atoms with E-state index in [2.05, 4.69) is 38.6 Å². The zero-order valence-corrected chi connectivity index (χ0v) is 35.2. The fourth-order valence-electron chi connectivity index (χ4n) is 8.79. The van der Waals surface area contributed by atoms with Gasteiger partial charge in [0.15, 0.2) is 0 Å². The van der Waals surface area contributed by atoms with Gasteiger partial charge in [-0.15, -0.1) is 0 Å². The van der Waals surface area contributed by atoms with Gasteiger partial charge in [-0.05, 0) is 82.6 Å². The summed E-state index contributed by atoms with van der Waals surface area (Å²) in [6, 6.07) is 10.5. The van der Waals surface area contributed by atoms with Crippen molar-refractivity contribution in [1.29, 1.82) is 0 Å². The lowest BCUT2D eigenvalue weighted by Gasteiger charge is -2.46. The van der Waals surface area contributed by atoms with E-state index in [0.717, 1.165) is 71.4 Å². The third kappa shape index (κ3) is 10.9. The molecule has 1 aromatic heterocycles. The fraction of sp³-hybridized carbons (Fsp3) is 0.651. The molecule has 1 unspecified atom stereocenters. The summed E-state index contributed by atoms with van der Waals surface area (Å²) in [6.07, 6.45) is 19.3. The van der Waals surface area contributed by atoms with Crippen molar-refractivity contribution in [2.75, 3.05) is 77.2 Å². The molecule has 0 aliphatic carbocycles. The zero-order valence-electron chi connectivity index (χ0n) is 33.5. The molecule has 0 saturated carbocycles. The van der Waals surface area contributed by atoms with Crippen LogP contribution in [0.2, 0.25) is 0 Å². The van der Waals surface area contributed by atoms with Crippen LogP contribution in [0, 0.1) is 5.82 Å². The third-order valence-corrected chi connectivity index (χ3v) is 14.9. The second-order valence-corrected chi connectivity index (χ2v) is 19.3. The van der Waals surface area contributed by atoms with Gasteiger partial charge in [0.2, 0.25) is 9.84 Å². The van der Waals surface area contributed by atoms with Crippen molar-refractivity contribution in [3.05, 3.63) is 48.4 Å². The van der Waals surface area contributed by atoms with Crippen molar-refractivity contribution in [3.8, 4) is 5.75 Å². The van der Waals surface area contributed by atoms with Crippen LogP contribution in [0.4, 0.5) is 10.1 Å². The van der Waals surface area contributed by atoms with Crippen LogP contribution in [0.5, 0.6) is 5.75 Å². The van der Waals surface area contributed by atoms with Gasteiger partial charge in [-0.1, -0.05) is 64.7 Å². The number of fused-ring (bicyclic) bond motifs is 1. The van der Waals surface area contributed by atoms with E-state index >= 15 is 4.39 Å². The number of unbranched alkanes of at least 4 members (excludes halogenated alkanes) is 9. The first-order valence-electron chi connectivity index (χ1n) is 21.0. The average Bonchev–Trinajstić information content (AvgIpc) is 3.19. The Labute approximate surface area is 332 Å². The third-order valence-electron chi connectivity index (χ3n) is 12.2. The maximum absolute atomic E-state index is 15.8. The summed E-state index contributed by atoms with van der Waals surface area (Å²) >= 11 is 0. The lowest BCUT2D eigenvalue weighted by molar-refractivity contribution is 0.0495. The van der Waals surface area contributed by atoms with Crippen molar-refractivity contribution in [2.24, 2.45) is 0 Å². The Morgan fingerprint density at radius 2 is 1.36 bits per heavy atom.